The summed E-state index contributed by atoms with van der Waals surface area (Å²) in [4.78, 5) is 16.5. The third kappa shape index (κ3) is 7.04. The summed E-state index contributed by atoms with van der Waals surface area (Å²) in [5, 5.41) is 9.83. The molecule has 0 atom stereocenters. The van der Waals surface area contributed by atoms with Crippen molar-refractivity contribution in [3.05, 3.63) is 23.0 Å². The molecule has 0 heterocycles. The van der Waals surface area contributed by atoms with Crippen molar-refractivity contribution >= 4 is 14.3 Å². The number of hydrogen-bond acceptors (Lipinski definition) is 6. The van der Waals surface area contributed by atoms with Gasteiger partial charge in [0.1, 0.15) is 17.5 Å². The van der Waals surface area contributed by atoms with Crippen molar-refractivity contribution in [2.75, 3.05) is 34.8 Å². The zero-order valence-corrected chi connectivity index (χ0v) is 19.8. The molecular formula is C20H37N3O3Si. The fourth-order valence-corrected chi connectivity index (χ4v) is 4.63. The second-order valence-corrected chi connectivity index (χ2v) is 12.3. The Morgan fingerprint density at radius 2 is 1.56 bits per heavy atom. The topological polar surface area (TPSA) is 65.8 Å². The van der Waals surface area contributed by atoms with Gasteiger partial charge in [-0.05, 0) is 45.5 Å². The molecule has 0 aliphatic carbocycles. The average Bonchev–Trinajstić information content (AvgIpc) is 2.55. The minimum atomic E-state index is -1.97. The Balaban J connectivity index is 6.97. The summed E-state index contributed by atoms with van der Waals surface area (Å²) < 4.78 is 11.8. The van der Waals surface area contributed by atoms with E-state index in [4.69, 9.17) is 9.16 Å². The molecule has 0 fully saturated rings. The van der Waals surface area contributed by atoms with Crippen molar-refractivity contribution in [2.45, 2.75) is 58.9 Å². The molecule has 0 rings (SSSR count). The summed E-state index contributed by atoms with van der Waals surface area (Å²) in [6, 6.07) is 2.09. The van der Waals surface area contributed by atoms with Crippen LogP contribution in [0.5, 0.6) is 0 Å². The second kappa shape index (κ2) is 10.5. The number of nitrogens with zero attached hydrogens (tertiary/aromatic N) is 3. The van der Waals surface area contributed by atoms with E-state index in [1.165, 1.54) is 0 Å². The molecule has 0 N–H and O–H groups in total. The van der Waals surface area contributed by atoms with Crippen LogP contribution >= 0.6 is 0 Å². The Morgan fingerprint density at radius 3 is 1.85 bits per heavy atom. The molecular weight excluding hydrogens is 358 g/mol. The monoisotopic (exact) mass is 395 g/mol. The lowest BCUT2D eigenvalue weighted by Crippen LogP contribution is -2.44. The third-order valence-corrected chi connectivity index (χ3v) is 5.19. The molecule has 0 aromatic carbocycles. The molecule has 0 radical (unpaired) electrons. The Labute approximate surface area is 166 Å². The minimum Gasteiger partial charge on any atom is -0.462 e. The Kier molecular flexibility index (Phi) is 9.83. The summed E-state index contributed by atoms with van der Waals surface area (Å²) >= 11 is 0. The van der Waals surface area contributed by atoms with Crippen LogP contribution in [-0.4, -0.2) is 64.5 Å². The highest BCUT2D eigenvalue weighted by molar-refractivity contribution is 6.69. The van der Waals surface area contributed by atoms with Crippen molar-refractivity contribution in [3.8, 4) is 6.07 Å². The van der Waals surface area contributed by atoms with Crippen molar-refractivity contribution in [1.29, 1.82) is 5.26 Å². The third-order valence-electron chi connectivity index (χ3n) is 4.19. The normalized spacial score (nSPS) is 12.6. The van der Waals surface area contributed by atoms with Crippen LogP contribution in [0.15, 0.2) is 23.0 Å². The van der Waals surface area contributed by atoms with Crippen molar-refractivity contribution in [2.24, 2.45) is 0 Å². The highest BCUT2D eigenvalue weighted by Gasteiger charge is 2.39. The molecule has 0 aliphatic heterocycles. The lowest BCUT2D eigenvalue weighted by Gasteiger charge is -2.40. The lowest BCUT2D eigenvalue weighted by molar-refractivity contribution is -0.138. The van der Waals surface area contributed by atoms with Crippen LogP contribution in [0.4, 0.5) is 0 Å². The van der Waals surface area contributed by atoms with E-state index in [2.05, 4.69) is 25.7 Å². The highest BCUT2D eigenvalue weighted by Crippen LogP contribution is 2.36. The first-order valence-electron chi connectivity index (χ1n) is 9.47. The van der Waals surface area contributed by atoms with Gasteiger partial charge in [-0.2, -0.15) is 5.26 Å². The van der Waals surface area contributed by atoms with Gasteiger partial charge in [-0.25, -0.2) is 4.79 Å². The Bertz CT molecular complexity index is 597. The number of carbonyl (C=O) groups excluding carboxylic acids is 1. The summed E-state index contributed by atoms with van der Waals surface area (Å²) in [5.74, 6) is 0.265. The first kappa shape index (κ1) is 25.2. The molecule has 0 amide bonds. The zero-order chi connectivity index (χ0) is 21.4. The van der Waals surface area contributed by atoms with Gasteiger partial charge >= 0.3 is 5.97 Å². The first-order chi connectivity index (χ1) is 12.4. The summed E-state index contributed by atoms with van der Waals surface area (Å²) in [5.41, 5.74) is -0.118. The van der Waals surface area contributed by atoms with Gasteiger partial charge in [-0.3, -0.25) is 0 Å². The molecule has 0 saturated heterocycles. The zero-order valence-electron chi connectivity index (χ0n) is 18.8. The van der Waals surface area contributed by atoms with Crippen LogP contribution in [0.1, 0.15) is 33.6 Å². The second-order valence-electron chi connectivity index (χ2n) is 7.83. The molecule has 7 heteroatoms. The largest absolute Gasteiger partial charge is 0.462 e. The van der Waals surface area contributed by atoms with Gasteiger partial charge in [0, 0.05) is 33.8 Å². The predicted octanol–water partition coefficient (Wildman–Crippen LogP) is 3.74. The van der Waals surface area contributed by atoms with Crippen LogP contribution in [-0.2, 0) is 14.0 Å². The number of carbonyl (C=O) groups is 1. The van der Waals surface area contributed by atoms with Crippen LogP contribution in [0.25, 0.3) is 0 Å². The number of hydrogen-bond donors (Lipinski definition) is 0. The molecule has 0 aliphatic rings. The lowest BCUT2D eigenvalue weighted by atomic mass is 9.84. The van der Waals surface area contributed by atoms with Gasteiger partial charge in [0.2, 0.25) is 0 Å². The van der Waals surface area contributed by atoms with E-state index in [0.717, 1.165) is 5.82 Å². The molecule has 0 aromatic rings. The van der Waals surface area contributed by atoms with E-state index in [1.54, 1.807) is 6.92 Å². The first-order valence-corrected chi connectivity index (χ1v) is 12.9. The molecule has 0 bridgehead atoms. The average molecular weight is 396 g/mol. The van der Waals surface area contributed by atoms with E-state index in [0.29, 0.717) is 18.4 Å². The highest BCUT2D eigenvalue weighted by atomic mass is 28.4. The van der Waals surface area contributed by atoms with Gasteiger partial charge < -0.3 is 19.0 Å². The number of rotatable bonds is 10. The standard InChI is InChI=1S/C20H37N3O3Si/c1-11-20(12-2,26-27(8,9)10)17(14-18(22(4)5)23(6)7)16(15-21)19(24)25-13-3/h14H,11-13H2,1-10H3/b17-16-. The quantitative estimate of drug-likeness (QED) is 0.185. The van der Waals surface area contributed by atoms with Crippen molar-refractivity contribution in [3.63, 3.8) is 0 Å². The minimum absolute atomic E-state index is 0.0139. The molecule has 0 unspecified atom stereocenters. The molecule has 0 saturated carbocycles. The van der Waals surface area contributed by atoms with Crippen LogP contribution in [0, 0.1) is 11.3 Å². The maximum Gasteiger partial charge on any atom is 0.349 e. The fraction of sp³-hybridized carbons (Fsp3) is 0.700. The maximum atomic E-state index is 12.6. The van der Waals surface area contributed by atoms with E-state index in [9.17, 15) is 10.1 Å². The van der Waals surface area contributed by atoms with E-state index >= 15 is 0 Å². The van der Waals surface area contributed by atoms with E-state index in [1.807, 2.05) is 57.9 Å². The van der Waals surface area contributed by atoms with Crippen LogP contribution < -0.4 is 0 Å². The maximum absolute atomic E-state index is 12.6. The smallest absolute Gasteiger partial charge is 0.349 e. The van der Waals surface area contributed by atoms with Crippen LogP contribution in [0.2, 0.25) is 19.6 Å². The van der Waals surface area contributed by atoms with Gasteiger partial charge in [-0.1, -0.05) is 13.8 Å². The van der Waals surface area contributed by atoms with Crippen molar-refractivity contribution in [1.82, 2.24) is 9.80 Å². The molecule has 154 valence electrons. The fourth-order valence-electron chi connectivity index (χ4n) is 3.05. The summed E-state index contributed by atoms with van der Waals surface area (Å²) in [7, 11) is 5.75. The van der Waals surface area contributed by atoms with Gasteiger partial charge in [0.15, 0.2) is 8.32 Å². The predicted molar refractivity (Wildman–Crippen MR) is 112 cm³/mol. The Hall–Kier alpha value is -1.78. The summed E-state index contributed by atoms with van der Waals surface area (Å²) in [6.45, 7) is 12.4. The molecule has 0 aromatic heterocycles. The SMILES string of the molecule is CCOC(=O)/C(C#N)=C(/C=C(N(C)C)N(C)C)C(CC)(CC)O[Si](C)(C)C. The molecule has 27 heavy (non-hydrogen) atoms. The molecule has 6 nitrogen and oxygen atoms in total. The van der Waals surface area contributed by atoms with Gasteiger partial charge in [-0.15, -0.1) is 0 Å². The van der Waals surface area contributed by atoms with E-state index in [-0.39, 0.29) is 12.2 Å². The van der Waals surface area contributed by atoms with Crippen LogP contribution in [0.3, 0.4) is 0 Å². The summed E-state index contributed by atoms with van der Waals surface area (Å²) in [6.07, 6.45) is 3.19. The number of nitriles is 1. The van der Waals surface area contributed by atoms with Gasteiger partial charge in [0.25, 0.3) is 0 Å². The molecule has 0 spiro atoms. The van der Waals surface area contributed by atoms with Crippen molar-refractivity contribution < 1.29 is 14.0 Å². The van der Waals surface area contributed by atoms with Gasteiger partial charge in [0.05, 0.1) is 12.2 Å². The number of esters is 1. The van der Waals surface area contributed by atoms with E-state index < -0.39 is 19.9 Å². The number of ether oxygens (including phenoxy) is 1. The Morgan fingerprint density at radius 1 is 1.07 bits per heavy atom.